The number of ether oxygens (including phenoxy) is 2. The maximum Gasteiger partial charge on any atom is 0.258 e. The second-order valence-corrected chi connectivity index (χ2v) is 6.25. The van der Waals surface area contributed by atoms with Crippen molar-refractivity contribution in [3.8, 4) is 11.5 Å². The van der Waals surface area contributed by atoms with E-state index in [1.54, 1.807) is 12.1 Å². The number of hydrogen-bond acceptors (Lipinski definition) is 4. The van der Waals surface area contributed by atoms with Crippen molar-refractivity contribution < 1.29 is 19.1 Å². The molecule has 0 heterocycles. The molecule has 23 heavy (non-hydrogen) atoms. The molecule has 0 aliphatic rings. The average molecular weight is 386 g/mol. The highest BCUT2D eigenvalue weighted by atomic mass is 79.9. The maximum absolute atomic E-state index is 11.9. The van der Waals surface area contributed by atoms with Crippen molar-refractivity contribution in [3.05, 3.63) is 22.2 Å². The first kappa shape index (κ1) is 19.5. The fraction of sp³-hybridized carbons (Fsp3) is 0.529. The standard InChI is InChI=1S/C17H24BrNO4/c1-4-5-6-7-12(2)19-17(21)11-23-16-8-13(10-20)14(18)9-15(16)22-3/h8-10,12H,4-7,11H2,1-3H3,(H,19,21)/t12-/m1/s1. The van der Waals surface area contributed by atoms with Gasteiger partial charge in [0.1, 0.15) is 0 Å². The van der Waals surface area contributed by atoms with E-state index in [-0.39, 0.29) is 18.6 Å². The lowest BCUT2D eigenvalue weighted by Crippen LogP contribution is -2.36. The lowest BCUT2D eigenvalue weighted by molar-refractivity contribution is -0.123. The number of amides is 1. The van der Waals surface area contributed by atoms with Crippen LogP contribution in [0.5, 0.6) is 11.5 Å². The number of halogens is 1. The highest BCUT2D eigenvalue weighted by molar-refractivity contribution is 9.10. The van der Waals surface area contributed by atoms with Gasteiger partial charge in [0.15, 0.2) is 24.4 Å². The van der Waals surface area contributed by atoms with Crippen LogP contribution >= 0.6 is 15.9 Å². The summed E-state index contributed by atoms with van der Waals surface area (Å²) in [7, 11) is 1.51. The Balaban J connectivity index is 2.56. The van der Waals surface area contributed by atoms with Gasteiger partial charge in [-0.25, -0.2) is 0 Å². The fourth-order valence-corrected chi connectivity index (χ4v) is 2.56. The molecule has 1 N–H and O–H groups in total. The first-order chi connectivity index (χ1) is 11.0. The van der Waals surface area contributed by atoms with Crippen LogP contribution in [0.4, 0.5) is 0 Å². The third-order valence-corrected chi connectivity index (χ3v) is 4.10. The second kappa shape index (κ2) is 10.3. The number of methoxy groups -OCH3 is 1. The number of carbonyl (C=O) groups is 2. The summed E-state index contributed by atoms with van der Waals surface area (Å²) in [6, 6.07) is 3.31. The van der Waals surface area contributed by atoms with Crippen molar-refractivity contribution >= 4 is 28.1 Å². The number of hydrogen-bond donors (Lipinski definition) is 1. The molecular formula is C17H24BrNO4. The van der Waals surface area contributed by atoms with Crippen LogP contribution in [-0.4, -0.2) is 32.0 Å². The SMILES string of the molecule is CCCCC[C@@H](C)NC(=O)COc1cc(C=O)c(Br)cc1OC. The molecule has 0 aliphatic heterocycles. The molecule has 0 aromatic heterocycles. The van der Waals surface area contributed by atoms with E-state index in [1.165, 1.54) is 13.5 Å². The summed E-state index contributed by atoms with van der Waals surface area (Å²) in [6.07, 6.45) is 5.10. The van der Waals surface area contributed by atoms with Crippen LogP contribution in [0.25, 0.3) is 0 Å². The van der Waals surface area contributed by atoms with Gasteiger partial charge in [-0.2, -0.15) is 0 Å². The van der Waals surface area contributed by atoms with Gasteiger partial charge in [-0.1, -0.05) is 26.2 Å². The van der Waals surface area contributed by atoms with E-state index in [0.29, 0.717) is 27.8 Å². The number of aldehydes is 1. The van der Waals surface area contributed by atoms with E-state index in [4.69, 9.17) is 9.47 Å². The Morgan fingerprint density at radius 2 is 2.09 bits per heavy atom. The number of unbranched alkanes of at least 4 members (excludes halogenated alkanes) is 2. The van der Waals surface area contributed by atoms with E-state index in [0.717, 1.165) is 19.3 Å². The van der Waals surface area contributed by atoms with Gasteiger partial charge in [0.05, 0.1) is 7.11 Å². The first-order valence-corrected chi connectivity index (χ1v) is 8.56. The van der Waals surface area contributed by atoms with E-state index >= 15 is 0 Å². The maximum atomic E-state index is 11.9. The summed E-state index contributed by atoms with van der Waals surface area (Å²) in [5.74, 6) is 0.643. The quantitative estimate of drug-likeness (QED) is 0.492. The number of nitrogens with one attached hydrogen (secondary N) is 1. The van der Waals surface area contributed by atoms with E-state index in [1.807, 2.05) is 6.92 Å². The molecule has 0 bridgehead atoms. The molecule has 0 aliphatic carbocycles. The minimum Gasteiger partial charge on any atom is -0.493 e. The van der Waals surface area contributed by atoms with Gasteiger partial charge in [-0.05, 0) is 41.4 Å². The Morgan fingerprint density at radius 3 is 2.70 bits per heavy atom. The molecule has 1 aromatic carbocycles. The molecule has 0 unspecified atom stereocenters. The summed E-state index contributed by atoms with van der Waals surface area (Å²) in [4.78, 5) is 22.9. The van der Waals surface area contributed by atoms with Crippen LogP contribution in [0.15, 0.2) is 16.6 Å². The summed E-state index contributed by atoms with van der Waals surface area (Å²) < 4.78 is 11.3. The van der Waals surface area contributed by atoms with Crippen molar-refractivity contribution in [1.82, 2.24) is 5.32 Å². The van der Waals surface area contributed by atoms with Crippen LogP contribution < -0.4 is 14.8 Å². The predicted molar refractivity (Wildman–Crippen MR) is 93.3 cm³/mol. The Labute approximate surface area is 145 Å². The van der Waals surface area contributed by atoms with Crippen molar-refractivity contribution in [2.45, 2.75) is 45.6 Å². The minimum atomic E-state index is -0.188. The molecule has 0 fully saturated rings. The number of rotatable bonds is 10. The van der Waals surface area contributed by atoms with Gasteiger partial charge in [-0.15, -0.1) is 0 Å². The number of carbonyl (C=O) groups excluding carboxylic acids is 2. The van der Waals surface area contributed by atoms with E-state index in [9.17, 15) is 9.59 Å². The van der Waals surface area contributed by atoms with E-state index < -0.39 is 0 Å². The topological polar surface area (TPSA) is 64.6 Å². The second-order valence-electron chi connectivity index (χ2n) is 5.40. The molecular weight excluding hydrogens is 362 g/mol. The smallest absolute Gasteiger partial charge is 0.258 e. The molecule has 5 nitrogen and oxygen atoms in total. The van der Waals surface area contributed by atoms with Crippen LogP contribution in [0.3, 0.4) is 0 Å². The number of benzene rings is 1. The fourth-order valence-electron chi connectivity index (χ4n) is 2.15. The largest absolute Gasteiger partial charge is 0.493 e. The van der Waals surface area contributed by atoms with Crippen molar-refractivity contribution in [1.29, 1.82) is 0 Å². The normalized spacial score (nSPS) is 11.7. The van der Waals surface area contributed by atoms with Crippen molar-refractivity contribution in [2.75, 3.05) is 13.7 Å². The lowest BCUT2D eigenvalue weighted by atomic mass is 10.1. The van der Waals surface area contributed by atoms with Gasteiger partial charge in [0.25, 0.3) is 5.91 Å². The van der Waals surface area contributed by atoms with Crippen LogP contribution in [0, 0.1) is 0 Å². The summed E-state index contributed by atoms with van der Waals surface area (Å²) in [5.41, 5.74) is 0.439. The molecule has 0 radical (unpaired) electrons. The predicted octanol–water partition coefficient (Wildman–Crippen LogP) is 3.73. The molecule has 0 saturated carbocycles. The van der Waals surface area contributed by atoms with Crippen LogP contribution in [0.2, 0.25) is 0 Å². The average Bonchev–Trinajstić information content (AvgIpc) is 2.53. The summed E-state index contributed by atoms with van der Waals surface area (Å²) in [6.45, 7) is 4.02. The molecule has 0 spiro atoms. The zero-order valence-corrected chi connectivity index (χ0v) is 15.4. The monoisotopic (exact) mass is 385 g/mol. The Bertz CT molecular complexity index is 534. The van der Waals surface area contributed by atoms with Crippen LogP contribution in [0.1, 0.15) is 49.9 Å². The lowest BCUT2D eigenvalue weighted by Gasteiger charge is -2.15. The third-order valence-electron chi connectivity index (χ3n) is 3.42. The van der Waals surface area contributed by atoms with E-state index in [2.05, 4.69) is 28.2 Å². The molecule has 1 rings (SSSR count). The van der Waals surface area contributed by atoms with Gasteiger partial charge in [0.2, 0.25) is 0 Å². The Hall–Kier alpha value is -1.56. The Kier molecular flexibility index (Phi) is 8.69. The first-order valence-electron chi connectivity index (χ1n) is 7.76. The van der Waals surface area contributed by atoms with Crippen molar-refractivity contribution in [3.63, 3.8) is 0 Å². The minimum absolute atomic E-state index is 0.117. The van der Waals surface area contributed by atoms with Crippen LogP contribution in [-0.2, 0) is 4.79 Å². The molecule has 1 atom stereocenters. The molecule has 1 aromatic rings. The third kappa shape index (κ3) is 6.60. The molecule has 128 valence electrons. The highest BCUT2D eigenvalue weighted by Gasteiger charge is 2.13. The highest BCUT2D eigenvalue weighted by Crippen LogP contribution is 2.32. The summed E-state index contributed by atoms with van der Waals surface area (Å²) in [5, 5.41) is 2.90. The molecule has 0 saturated heterocycles. The zero-order valence-electron chi connectivity index (χ0n) is 13.9. The summed E-state index contributed by atoms with van der Waals surface area (Å²) >= 11 is 3.28. The molecule has 1 amide bonds. The van der Waals surface area contributed by atoms with Crippen molar-refractivity contribution in [2.24, 2.45) is 0 Å². The molecule has 6 heteroatoms. The van der Waals surface area contributed by atoms with Gasteiger partial charge in [-0.3, -0.25) is 9.59 Å². The van der Waals surface area contributed by atoms with Gasteiger partial charge < -0.3 is 14.8 Å². The Morgan fingerprint density at radius 1 is 1.35 bits per heavy atom. The van der Waals surface area contributed by atoms with Gasteiger partial charge in [0, 0.05) is 16.1 Å². The van der Waals surface area contributed by atoms with Gasteiger partial charge >= 0.3 is 0 Å². The zero-order chi connectivity index (χ0) is 17.2.